The van der Waals surface area contributed by atoms with Crippen LogP contribution in [0, 0.1) is 11.8 Å². The van der Waals surface area contributed by atoms with Gasteiger partial charge in [0.05, 0.1) is 0 Å². The zero-order valence-electron chi connectivity index (χ0n) is 9.35. The van der Waals surface area contributed by atoms with Gasteiger partial charge in [-0.05, 0) is 24.8 Å². The minimum atomic E-state index is 0.722. The molecule has 74 valence electrons. The van der Waals surface area contributed by atoms with Crippen molar-refractivity contribution in [3.05, 3.63) is 0 Å². The standard InChI is InChI=1S/C11H25N/c1-6-10(9(4)5)11(7-2)12-8-3/h9-12H,6-8H2,1-5H3. The first-order valence-electron chi connectivity index (χ1n) is 5.40. The van der Waals surface area contributed by atoms with Crippen LogP contribution in [0.4, 0.5) is 0 Å². The Balaban J connectivity index is 4.02. The van der Waals surface area contributed by atoms with E-state index in [0.29, 0.717) is 0 Å². The minimum absolute atomic E-state index is 0.722. The van der Waals surface area contributed by atoms with E-state index in [4.69, 9.17) is 0 Å². The predicted molar refractivity (Wildman–Crippen MR) is 56.4 cm³/mol. The van der Waals surface area contributed by atoms with Crippen molar-refractivity contribution in [2.45, 2.75) is 53.5 Å². The largest absolute Gasteiger partial charge is 0.314 e. The fraction of sp³-hybridized carbons (Fsp3) is 1.00. The van der Waals surface area contributed by atoms with Crippen molar-refractivity contribution in [2.24, 2.45) is 11.8 Å². The third kappa shape index (κ3) is 3.57. The summed E-state index contributed by atoms with van der Waals surface area (Å²) in [7, 11) is 0. The first-order valence-corrected chi connectivity index (χ1v) is 5.40. The van der Waals surface area contributed by atoms with Gasteiger partial charge in [-0.15, -0.1) is 0 Å². The lowest BCUT2D eigenvalue weighted by Crippen LogP contribution is -2.37. The number of hydrogen-bond acceptors (Lipinski definition) is 1. The third-order valence-corrected chi connectivity index (χ3v) is 2.75. The minimum Gasteiger partial charge on any atom is -0.314 e. The number of nitrogens with one attached hydrogen (secondary N) is 1. The molecule has 0 saturated carbocycles. The van der Waals surface area contributed by atoms with Gasteiger partial charge in [-0.2, -0.15) is 0 Å². The summed E-state index contributed by atoms with van der Waals surface area (Å²) in [6.45, 7) is 12.5. The zero-order valence-corrected chi connectivity index (χ0v) is 9.35. The highest BCUT2D eigenvalue weighted by molar-refractivity contribution is 4.75. The van der Waals surface area contributed by atoms with Crippen LogP contribution in [0.2, 0.25) is 0 Å². The number of hydrogen-bond donors (Lipinski definition) is 1. The molecular formula is C11H25N. The topological polar surface area (TPSA) is 12.0 Å². The second kappa shape index (κ2) is 6.47. The van der Waals surface area contributed by atoms with Crippen LogP contribution < -0.4 is 5.32 Å². The Bertz CT molecular complexity index is 99.2. The normalized spacial score (nSPS) is 16.5. The Morgan fingerprint density at radius 3 is 1.83 bits per heavy atom. The van der Waals surface area contributed by atoms with Gasteiger partial charge in [0.2, 0.25) is 0 Å². The van der Waals surface area contributed by atoms with Crippen LogP contribution in [0.3, 0.4) is 0 Å². The molecule has 0 bridgehead atoms. The van der Waals surface area contributed by atoms with Gasteiger partial charge in [0, 0.05) is 6.04 Å². The smallest absolute Gasteiger partial charge is 0.00949 e. The Hall–Kier alpha value is -0.0400. The van der Waals surface area contributed by atoms with E-state index >= 15 is 0 Å². The molecule has 0 aromatic heterocycles. The van der Waals surface area contributed by atoms with Crippen molar-refractivity contribution >= 4 is 0 Å². The Kier molecular flexibility index (Phi) is 6.45. The molecule has 0 spiro atoms. The molecule has 0 rings (SSSR count). The van der Waals surface area contributed by atoms with Gasteiger partial charge in [-0.3, -0.25) is 0 Å². The summed E-state index contributed by atoms with van der Waals surface area (Å²) in [4.78, 5) is 0. The van der Waals surface area contributed by atoms with E-state index in [1.54, 1.807) is 0 Å². The Morgan fingerprint density at radius 1 is 1.00 bits per heavy atom. The second-order valence-corrected chi connectivity index (χ2v) is 3.89. The van der Waals surface area contributed by atoms with Gasteiger partial charge in [-0.25, -0.2) is 0 Å². The maximum atomic E-state index is 3.56. The van der Waals surface area contributed by atoms with Crippen molar-refractivity contribution in [3.8, 4) is 0 Å². The fourth-order valence-electron chi connectivity index (χ4n) is 2.08. The maximum Gasteiger partial charge on any atom is 0.00949 e. The highest BCUT2D eigenvalue weighted by Crippen LogP contribution is 2.20. The third-order valence-electron chi connectivity index (χ3n) is 2.75. The van der Waals surface area contributed by atoms with Crippen molar-refractivity contribution in [2.75, 3.05) is 6.54 Å². The lowest BCUT2D eigenvalue weighted by atomic mass is 9.85. The summed E-state index contributed by atoms with van der Waals surface area (Å²) >= 11 is 0. The molecule has 0 heterocycles. The van der Waals surface area contributed by atoms with Gasteiger partial charge < -0.3 is 5.32 Å². The van der Waals surface area contributed by atoms with Crippen LogP contribution in [0.1, 0.15) is 47.5 Å². The van der Waals surface area contributed by atoms with E-state index < -0.39 is 0 Å². The van der Waals surface area contributed by atoms with E-state index in [2.05, 4.69) is 39.9 Å². The van der Waals surface area contributed by atoms with Gasteiger partial charge in [0.25, 0.3) is 0 Å². The molecule has 0 radical (unpaired) electrons. The molecule has 0 aromatic rings. The zero-order chi connectivity index (χ0) is 9.56. The highest BCUT2D eigenvalue weighted by atomic mass is 14.9. The van der Waals surface area contributed by atoms with Crippen molar-refractivity contribution < 1.29 is 0 Å². The predicted octanol–water partition coefficient (Wildman–Crippen LogP) is 3.06. The van der Waals surface area contributed by atoms with E-state index in [-0.39, 0.29) is 0 Å². The van der Waals surface area contributed by atoms with Gasteiger partial charge >= 0.3 is 0 Å². The van der Waals surface area contributed by atoms with Gasteiger partial charge in [0.15, 0.2) is 0 Å². The van der Waals surface area contributed by atoms with E-state index in [1.165, 1.54) is 12.8 Å². The van der Waals surface area contributed by atoms with Crippen LogP contribution >= 0.6 is 0 Å². The maximum absolute atomic E-state index is 3.56. The summed E-state index contributed by atoms with van der Waals surface area (Å²) in [5, 5.41) is 3.56. The molecule has 12 heavy (non-hydrogen) atoms. The number of rotatable bonds is 6. The molecular weight excluding hydrogens is 146 g/mol. The second-order valence-electron chi connectivity index (χ2n) is 3.89. The lowest BCUT2D eigenvalue weighted by molar-refractivity contribution is 0.264. The first kappa shape index (κ1) is 12.0. The molecule has 1 heteroatoms. The van der Waals surface area contributed by atoms with Gasteiger partial charge in [-0.1, -0.05) is 41.0 Å². The van der Waals surface area contributed by atoms with Gasteiger partial charge in [0.1, 0.15) is 0 Å². The van der Waals surface area contributed by atoms with E-state index in [1.807, 2.05) is 0 Å². The van der Waals surface area contributed by atoms with E-state index in [0.717, 1.165) is 24.4 Å². The SMILES string of the molecule is CCNC(CC)C(CC)C(C)C. The lowest BCUT2D eigenvalue weighted by Gasteiger charge is -2.29. The summed E-state index contributed by atoms with van der Waals surface area (Å²) in [6.07, 6.45) is 2.55. The molecule has 0 aliphatic rings. The molecule has 0 aliphatic heterocycles. The van der Waals surface area contributed by atoms with Crippen molar-refractivity contribution in [1.82, 2.24) is 5.32 Å². The molecule has 0 amide bonds. The summed E-state index contributed by atoms with van der Waals surface area (Å²) in [5.74, 6) is 1.65. The van der Waals surface area contributed by atoms with Crippen LogP contribution in [0.5, 0.6) is 0 Å². The molecule has 0 fully saturated rings. The Labute approximate surface area is 77.9 Å². The van der Waals surface area contributed by atoms with E-state index in [9.17, 15) is 0 Å². The summed E-state index contributed by atoms with van der Waals surface area (Å²) < 4.78 is 0. The average Bonchev–Trinajstić information content (AvgIpc) is 2.03. The average molecular weight is 171 g/mol. The van der Waals surface area contributed by atoms with Crippen LogP contribution in [-0.4, -0.2) is 12.6 Å². The van der Waals surface area contributed by atoms with Crippen LogP contribution in [0.15, 0.2) is 0 Å². The summed E-state index contributed by atoms with van der Waals surface area (Å²) in [5.41, 5.74) is 0. The molecule has 2 unspecified atom stereocenters. The highest BCUT2D eigenvalue weighted by Gasteiger charge is 2.19. The van der Waals surface area contributed by atoms with Crippen LogP contribution in [-0.2, 0) is 0 Å². The van der Waals surface area contributed by atoms with Crippen molar-refractivity contribution in [1.29, 1.82) is 0 Å². The van der Waals surface area contributed by atoms with Crippen LogP contribution in [0.25, 0.3) is 0 Å². The molecule has 2 atom stereocenters. The quantitative estimate of drug-likeness (QED) is 0.647. The molecule has 0 saturated heterocycles. The Morgan fingerprint density at radius 2 is 1.58 bits per heavy atom. The molecule has 0 aromatic carbocycles. The first-order chi connectivity index (χ1) is 5.67. The molecule has 1 nitrogen and oxygen atoms in total. The molecule has 0 aliphatic carbocycles. The monoisotopic (exact) mass is 171 g/mol. The fourth-order valence-corrected chi connectivity index (χ4v) is 2.08. The van der Waals surface area contributed by atoms with Crippen molar-refractivity contribution in [3.63, 3.8) is 0 Å². The summed E-state index contributed by atoms with van der Waals surface area (Å²) in [6, 6.07) is 0.722. The molecule has 1 N–H and O–H groups in total.